The molecule has 4 heteroatoms. The molecule has 1 aromatic carbocycles. The second-order valence-corrected chi connectivity index (χ2v) is 3.58. The van der Waals surface area contributed by atoms with E-state index in [9.17, 15) is 4.79 Å². The van der Waals surface area contributed by atoms with Gasteiger partial charge in [0.05, 0.1) is 0 Å². The molecule has 4 nitrogen and oxygen atoms in total. The summed E-state index contributed by atoms with van der Waals surface area (Å²) in [7, 11) is 0. The predicted molar refractivity (Wildman–Crippen MR) is 60.3 cm³/mol. The number of hydrogen-bond acceptors (Lipinski definition) is 2. The number of aryl methyl sites for hydroxylation is 2. The van der Waals surface area contributed by atoms with Crippen molar-refractivity contribution in [2.45, 2.75) is 20.3 Å². The van der Waals surface area contributed by atoms with Gasteiger partial charge in [-0.05, 0) is 31.4 Å². The first-order valence-corrected chi connectivity index (χ1v) is 4.94. The standard InChI is InChI=1S/C11H17N3O/c1-8-3-4-10(9(2)7-8)5-6-13-11(15)14-12/h3-4,7H,5-6,12H2,1-2H3,(H2,13,14,15). The number of urea groups is 1. The molecule has 0 aromatic heterocycles. The van der Waals surface area contributed by atoms with Crippen LogP contribution in [0, 0.1) is 13.8 Å². The highest BCUT2D eigenvalue weighted by molar-refractivity contribution is 5.72. The van der Waals surface area contributed by atoms with Gasteiger partial charge >= 0.3 is 6.03 Å². The third-order valence-corrected chi connectivity index (χ3v) is 2.31. The summed E-state index contributed by atoms with van der Waals surface area (Å²) in [5, 5.41) is 2.65. The molecule has 0 bridgehead atoms. The lowest BCUT2D eigenvalue weighted by Gasteiger charge is -2.07. The monoisotopic (exact) mass is 207 g/mol. The molecule has 82 valence electrons. The topological polar surface area (TPSA) is 67.2 Å². The summed E-state index contributed by atoms with van der Waals surface area (Å²) in [4.78, 5) is 10.8. The molecule has 0 fully saturated rings. The highest BCUT2D eigenvalue weighted by Crippen LogP contribution is 2.10. The minimum atomic E-state index is -0.347. The van der Waals surface area contributed by atoms with Crippen LogP contribution in [0.1, 0.15) is 16.7 Å². The fraction of sp³-hybridized carbons (Fsp3) is 0.364. The number of hydrogen-bond donors (Lipinski definition) is 3. The summed E-state index contributed by atoms with van der Waals surface area (Å²) in [6.45, 7) is 4.73. The number of carbonyl (C=O) groups is 1. The Bertz CT molecular complexity index is 350. The molecule has 0 atom stereocenters. The first kappa shape index (κ1) is 11.5. The Morgan fingerprint density at radius 2 is 2.13 bits per heavy atom. The molecule has 0 spiro atoms. The van der Waals surface area contributed by atoms with Gasteiger partial charge in [0.1, 0.15) is 0 Å². The molecule has 0 aliphatic carbocycles. The Balaban J connectivity index is 2.47. The zero-order chi connectivity index (χ0) is 11.3. The Morgan fingerprint density at radius 3 is 2.73 bits per heavy atom. The van der Waals surface area contributed by atoms with Crippen LogP contribution in [0.5, 0.6) is 0 Å². The van der Waals surface area contributed by atoms with E-state index in [1.807, 2.05) is 5.43 Å². The van der Waals surface area contributed by atoms with E-state index in [0.29, 0.717) is 6.54 Å². The number of nitrogens with one attached hydrogen (secondary N) is 2. The van der Waals surface area contributed by atoms with Crippen LogP contribution >= 0.6 is 0 Å². The van der Waals surface area contributed by atoms with Crippen molar-refractivity contribution in [2.75, 3.05) is 6.54 Å². The van der Waals surface area contributed by atoms with Crippen LogP contribution in [0.25, 0.3) is 0 Å². The molecule has 0 aliphatic rings. The smallest absolute Gasteiger partial charge is 0.328 e. The lowest BCUT2D eigenvalue weighted by molar-refractivity contribution is 0.241. The quantitative estimate of drug-likeness (QED) is 0.393. The maximum Gasteiger partial charge on any atom is 0.328 e. The lowest BCUT2D eigenvalue weighted by Crippen LogP contribution is -2.40. The highest BCUT2D eigenvalue weighted by atomic mass is 16.2. The number of rotatable bonds is 3. The highest BCUT2D eigenvalue weighted by Gasteiger charge is 2.00. The van der Waals surface area contributed by atoms with Gasteiger partial charge in [0, 0.05) is 6.54 Å². The number of carbonyl (C=O) groups excluding carboxylic acids is 1. The van der Waals surface area contributed by atoms with E-state index in [-0.39, 0.29) is 6.03 Å². The van der Waals surface area contributed by atoms with Gasteiger partial charge in [-0.3, -0.25) is 5.43 Å². The number of hydrazine groups is 1. The van der Waals surface area contributed by atoms with Crippen LogP contribution in [-0.4, -0.2) is 12.6 Å². The summed E-state index contributed by atoms with van der Waals surface area (Å²) >= 11 is 0. The van der Waals surface area contributed by atoms with Crippen LogP contribution in [0.15, 0.2) is 18.2 Å². The zero-order valence-corrected chi connectivity index (χ0v) is 9.13. The third kappa shape index (κ3) is 3.59. The van der Waals surface area contributed by atoms with Gasteiger partial charge in [-0.1, -0.05) is 23.8 Å². The number of amides is 2. The van der Waals surface area contributed by atoms with Crippen molar-refractivity contribution < 1.29 is 4.79 Å². The van der Waals surface area contributed by atoms with Gasteiger partial charge in [-0.2, -0.15) is 0 Å². The summed E-state index contributed by atoms with van der Waals surface area (Å²) in [5.74, 6) is 4.94. The second-order valence-electron chi connectivity index (χ2n) is 3.58. The molecule has 15 heavy (non-hydrogen) atoms. The predicted octanol–water partition coefficient (Wildman–Crippen LogP) is 1.02. The average Bonchev–Trinajstić information content (AvgIpc) is 2.21. The van der Waals surface area contributed by atoms with E-state index in [2.05, 4.69) is 37.4 Å². The van der Waals surface area contributed by atoms with Crippen molar-refractivity contribution in [3.8, 4) is 0 Å². The molecule has 2 amide bonds. The Labute approximate surface area is 89.8 Å². The van der Waals surface area contributed by atoms with Crippen molar-refractivity contribution in [3.63, 3.8) is 0 Å². The summed E-state index contributed by atoms with van der Waals surface area (Å²) in [6, 6.07) is 5.95. The SMILES string of the molecule is Cc1ccc(CCNC(=O)NN)c(C)c1. The third-order valence-electron chi connectivity index (χ3n) is 2.31. The molecule has 0 aliphatic heterocycles. The van der Waals surface area contributed by atoms with Crippen LogP contribution in [0.4, 0.5) is 4.79 Å². The van der Waals surface area contributed by atoms with E-state index >= 15 is 0 Å². The normalized spacial score (nSPS) is 9.80. The zero-order valence-electron chi connectivity index (χ0n) is 9.13. The van der Waals surface area contributed by atoms with Crippen LogP contribution in [0.3, 0.4) is 0 Å². The van der Waals surface area contributed by atoms with E-state index in [1.165, 1.54) is 16.7 Å². The van der Waals surface area contributed by atoms with Crippen molar-refractivity contribution in [1.82, 2.24) is 10.7 Å². The summed E-state index contributed by atoms with van der Waals surface area (Å²) in [6.07, 6.45) is 0.819. The van der Waals surface area contributed by atoms with E-state index in [0.717, 1.165) is 6.42 Å². The molecule has 1 rings (SSSR count). The molecule has 0 heterocycles. The van der Waals surface area contributed by atoms with Gasteiger partial charge in [-0.25, -0.2) is 10.6 Å². The molecule has 0 unspecified atom stereocenters. The van der Waals surface area contributed by atoms with Gasteiger partial charge in [-0.15, -0.1) is 0 Å². The van der Waals surface area contributed by atoms with E-state index in [4.69, 9.17) is 5.84 Å². The van der Waals surface area contributed by atoms with E-state index in [1.54, 1.807) is 0 Å². The van der Waals surface area contributed by atoms with Gasteiger partial charge in [0.25, 0.3) is 0 Å². The van der Waals surface area contributed by atoms with Crippen LogP contribution < -0.4 is 16.6 Å². The second kappa shape index (κ2) is 5.36. The minimum absolute atomic E-state index is 0.347. The molecular formula is C11H17N3O. The number of benzene rings is 1. The Hall–Kier alpha value is -1.55. The number of nitrogens with two attached hydrogens (primary N) is 1. The first-order valence-electron chi connectivity index (χ1n) is 4.94. The maximum absolute atomic E-state index is 10.8. The molecule has 4 N–H and O–H groups in total. The Morgan fingerprint density at radius 1 is 1.40 bits per heavy atom. The fourth-order valence-electron chi connectivity index (χ4n) is 1.49. The largest absolute Gasteiger partial charge is 0.337 e. The maximum atomic E-state index is 10.8. The van der Waals surface area contributed by atoms with Crippen molar-refractivity contribution in [1.29, 1.82) is 0 Å². The Kier molecular flexibility index (Phi) is 4.12. The van der Waals surface area contributed by atoms with Gasteiger partial charge in [0.2, 0.25) is 0 Å². The van der Waals surface area contributed by atoms with Gasteiger partial charge < -0.3 is 5.32 Å². The molecular weight excluding hydrogens is 190 g/mol. The van der Waals surface area contributed by atoms with Crippen molar-refractivity contribution in [2.24, 2.45) is 5.84 Å². The average molecular weight is 207 g/mol. The molecule has 0 radical (unpaired) electrons. The van der Waals surface area contributed by atoms with Crippen molar-refractivity contribution in [3.05, 3.63) is 34.9 Å². The summed E-state index contributed by atoms with van der Waals surface area (Å²) < 4.78 is 0. The van der Waals surface area contributed by atoms with Gasteiger partial charge in [0.15, 0.2) is 0 Å². The molecule has 1 aromatic rings. The molecule has 0 saturated heterocycles. The molecule has 0 saturated carbocycles. The minimum Gasteiger partial charge on any atom is -0.337 e. The van der Waals surface area contributed by atoms with Crippen LogP contribution in [-0.2, 0) is 6.42 Å². The fourth-order valence-corrected chi connectivity index (χ4v) is 1.49. The van der Waals surface area contributed by atoms with E-state index < -0.39 is 0 Å². The lowest BCUT2D eigenvalue weighted by atomic mass is 10.0. The first-order chi connectivity index (χ1) is 7.13. The summed E-state index contributed by atoms with van der Waals surface area (Å²) in [5.41, 5.74) is 5.78. The van der Waals surface area contributed by atoms with Crippen LogP contribution in [0.2, 0.25) is 0 Å². The van der Waals surface area contributed by atoms with Crippen molar-refractivity contribution >= 4 is 6.03 Å².